The summed E-state index contributed by atoms with van der Waals surface area (Å²) < 4.78 is 0. The smallest absolute Gasteiger partial charge is 0.258 e. The zero-order valence-electron chi connectivity index (χ0n) is 11.5. The van der Waals surface area contributed by atoms with Gasteiger partial charge in [-0.2, -0.15) is 0 Å². The quantitative estimate of drug-likeness (QED) is 0.592. The monoisotopic (exact) mass is 334 g/mol. The number of rotatable bonds is 5. The summed E-state index contributed by atoms with van der Waals surface area (Å²) in [6.45, 7) is 0. The lowest BCUT2D eigenvalue weighted by Gasteiger charge is -2.05. The van der Waals surface area contributed by atoms with Crippen LogP contribution in [-0.2, 0) is 0 Å². The molecule has 0 spiro atoms. The van der Waals surface area contributed by atoms with Gasteiger partial charge in [-0.1, -0.05) is 6.07 Å². The molecule has 24 heavy (non-hydrogen) atoms. The normalized spacial score (nSPS) is 10.2. The van der Waals surface area contributed by atoms with Crippen LogP contribution in [0.1, 0.15) is 0 Å². The van der Waals surface area contributed by atoms with Gasteiger partial charge >= 0.3 is 11.4 Å². The van der Waals surface area contributed by atoms with E-state index in [0.29, 0.717) is 0 Å². The Hall–Kier alpha value is -3.96. The molecule has 2 aromatic rings. The topological polar surface area (TPSA) is 173 Å². The average Bonchev–Trinajstić information content (AvgIpc) is 2.52. The lowest BCUT2D eigenvalue weighted by molar-refractivity contribution is -0.422. The molecule has 0 aliphatic heterocycles. The second-order valence-corrected chi connectivity index (χ2v) is 4.37. The fourth-order valence-electron chi connectivity index (χ4n) is 2.18. The Kier molecular flexibility index (Phi) is 4.13. The lowest BCUT2D eigenvalue weighted by atomic mass is 9.99. The van der Waals surface area contributed by atoms with E-state index in [0.717, 1.165) is 36.4 Å². The van der Waals surface area contributed by atoms with Crippen molar-refractivity contribution in [3.63, 3.8) is 0 Å². The van der Waals surface area contributed by atoms with Gasteiger partial charge in [-0.3, -0.25) is 40.5 Å². The van der Waals surface area contributed by atoms with Gasteiger partial charge in [-0.05, 0) is 12.1 Å². The Morgan fingerprint density at radius 3 is 1.42 bits per heavy atom. The number of benzene rings is 2. The van der Waals surface area contributed by atoms with Gasteiger partial charge in [-0.25, -0.2) is 0 Å². The Labute approximate surface area is 131 Å². The first-order valence-corrected chi connectivity index (χ1v) is 6.09. The molecule has 0 heterocycles. The largest absolute Gasteiger partial charge is 0.354 e. The van der Waals surface area contributed by atoms with Crippen molar-refractivity contribution in [1.82, 2.24) is 0 Å². The average molecular weight is 334 g/mol. The van der Waals surface area contributed by atoms with E-state index in [-0.39, 0.29) is 0 Å². The number of para-hydroxylation sites is 1. The molecule has 12 heteroatoms. The molecular formula is C12H6N4O8. The summed E-state index contributed by atoms with van der Waals surface area (Å²) in [5, 5.41) is 44.5. The summed E-state index contributed by atoms with van der Waals surface area (Å²) in [6, 6.07) is 5.77. The molecule has 0 fully saturated rings. The fraction of sp³-hybridized carbons (Fsp3) is 0. The van der Waals surface area contributed by atoms with Crippen molar-refractivity contribution in [2.75, 3.05) is 0 Å². The van der Waals surface area contributed by atoms with Gasteiger partial charge in [0.25, 0.3) is 11.4 Å². The highest BCUT2D eigenvalue weighted by molar-refractivity contribution is 5.89. The van der Waals surface area contributed by atoms with Crippen molar-refractivity contribution in [2.45, 2.75) is 0 Å². The third-order valence-electron chi connectivity index (χ3n) is 3.08. The second kappa shape index (κ2) is 6.04. The van der Waals surface area contributed by atoms with Crippen molar-refractivity contribution in [1.29, 1.82) is 0 Å². The highest BCUT2D eigenvalue weighted by Crippen LogP contribution is 2.45. The van der Waals surface area contributed by atoms with Gasteiger partial charge in [0.05, 0.1) is 25.3 Å². The van der Waals surface area contributed by atoms with Crippen LogP contribution >= 0.6 is 0 Å². The molecule has 0 amide bonds. The van der Waals surface area contributed by atoms with E-state index in [2.05, 4.69) is 0 Å². The summed E-state index contributed by atoms with van der Waals surface area (Å²) in [6.07, 6.45) is 0. The fourth-order valence-corrected chi connectivity index (χ4v) is 2.18. The van der Waals surface area contributed by atoms with Gasteiger partial charge in [-0.15, -0.1) is 0 Å². The van der Waals surface area contributed by atoms with E-state index in [1.807, 2.05) is 0 Å². The lowest BCUT2D eigenvalue weighted by Crippen LogP contribution is -2.02. The molecule has 0 atom stereocenters. The first kappa shape index (κ1) is 16.4. The molecule has 0 radical (unpaired) electrons. The maximum absolute atomic E-state index is 11.2. The zero-order valence-corrected chi connectivity index (χ0v) is 11.5. The van der Waals surface area contributed by atoms with E-state index in [1.54, 1.807) is 0 Å². The summed E-state index contributed by atoms with van der Waals surface area (Å²) in [7, 11) is 0. The van der Waals surface area contributed by atoms with Gasteiger partial charge in [0.2, 0.25) is 0 Å². The highest BCUT2D eigenvalue weighted by Gasteiger charge is 2.36. The molecule has 0 saturated carbocycles. The first-order valence-electron chi connectivity index (χ1n) is 6.09. The molecule has 0 aromatic heterocycles. The van der Waals surface area contributed by atoms with Crippen LogP contribution in [0.5, 0.6) is 0 Å². The Morgan fingerprint density at radius 2 is 1.00 bits per heavy atom. The molecule has 0 saturated heterocycles. The van der Waals surface area contributed by atoms with Crippen LogP contribution in [0.3, 0.4) is 0 Å². The number of hydrogen-bond acceptors (Lipinski definition) is 8. The number of nitro benzene ring substituents is 4. The molecule has 12 nitrogen and oxygen atoms in total. The molecule has 0 bridgehead atoms. The SMILES string of the molecule is O=[N+]([O-])c1cccc([N+](=O)[O-])c1-c1cccc([N+](=O)[O-])c1[N+](=O)[O-]. The van der Waals surface area contributed by atoms with Crippen LogP contribution in [0.15, 0.2) is 36.4 Å². The van der Waals surface area contributed by atoms with Gasteiger partial charge < -0.3 is 0 Å². The molecule has 0 N–H and O–H groups in total. The minimum Gasteiger partial charge on any atom is -0.258 e. The first-order chi connectivity index (χ1) is 11.3. The van der Waals surface area contributed by atoms with E-state index in [1.165, 1.54) is 0 Å². The minimum absolute atomic E-state index is 0.576. The van der Waals surface area contributed by atoms with Crippen molar-refractivity contribution in [2.24, 2.45) is 0 Å². The molecular weight excluding hydrogens is 328 g/mol. The third-order valence-corrected chi connectivity index (χ3v) is 3.08. The van der Waals surface area contributed by atoms with Crippen LogP contribution in [0, 0.1) is 40.5 Å². The van der Waals surface area contributed by atoms with Crippen molar-refractivity contribution < 1.29 is 19.7 Å². The predicted molar refractivity (Wildman–Crippen MR) is 78.5 cm³/mol. The van der Waals surface area contributed by atoms with Crippen LogP contribution in [0.2, 0.25) is 0 Å². The summed E-state index contributed by atoms with van der Waals surface area (Å²) >= 11 is 0. The van der Waals surface area contributed by atoms with Crippen LogP contribution in [0.4, 0.5) is 22.7 Å². The second-order valence-electron chi connectivity index (χ2n) is 4.37. The van der Waals surface area contributed by atoms with Crippen molar-refractivity contribution in [3.05, 3.63) is 76.9 Å². The molecule has 2 aromatic carbocycles. The van der Waals surface area contributed by atoms with Crippen LogP contribution < -0.4 is 0 Å². The van der Waals surface area contributed by atoms with E-state index in [4.69, 9.17) is 0 Å². The maximum atomic E-state index is 11.2. The Balaban J connectivity index is 2.99. The summed E-state index contributed by atoms with van der Waals surface area (Å²) in [5.41, 5.74) is -4.76. The third kappa shape index (κ3) is 2.70. The molecule has 0 aliphatic carbocycles. The van der Waals surface area contributed by atoms with E-state index in [9.17, 15) is 40.5 Å². The maximum Gasteiger partial charge on any atom is 0.354 e. The highest BCUT2D eigenvalue weighted by atomic mass is 16.6. The Morgan fingerprint density at radius 1 is 0.583 bits per heavy atom. The molecule has 2 rings (SSSR count). The number of nitrogens with zero attached hydrogens (tertiary/aromatic N) is 4. The standard InChI is InChI=1S/C12H6N4O8/c17-13(18)8-4-2-5-9(14(19)20)11(8)7-3-1-6-10(15(21)22)12(7)16(23)24/h1-6H. The van der Waals surface area contributed by atoms with Crippen LogP contribution in [0.25, 0.3) is 11.1 Å². The summed E-state index contributed by atoms with van der Waals surface area (Å²) in [4.78, 5) is 40.5. The van der Waals surface area contributed by atoms with Gasteiger partial charge in [0.15, 0.2) is 0 Å². The number of hydrogen-bond donors (Lipinski definition) is 0. The molecule has 122 valence electrons. The van der Waals surface area contributed by atoms with Crippen LogP contribution in [-0.4, -0.2) is 19.7 Å². The molecule has 0 unspecified atom stereocenters. The minimum atomic E-state index is -1.10. The zero-order chi connectivity index (χ0) is 18.0. The molecule has 0 aliphatic rings. The number of nitro groups is 4. The summed E-state index contributed by atoms with van der Waals surface area (Å²) in [5.74, 6) is 0. The van der Waals surface area contributed by atoms with Crippen molar-refractivity contribution in [3.8, 4) is 11.1 Å². The van der Waals surface area contributed by atoms with Crippen molar-refractivity contribution >= 4 is 22.7 Å². The Bertz CT molecular complexity index is 862. The van der Waals surface area contributed by atoms with Gasteiger partial charge in [0.1, 0.15) is 5.56 Å². The van der Waals surface area contributed by atoms with E-state index < -0.39 is 53.6 Å². The van der Waals surface area contributed by atoms with Gasteiger partial charge in [0, 0.05) is 18.2 Å². The predicted octanol–water partition coefficient (Wildman–Crippen LogP) is 2.99. The van der Waals surface area contributed by atoms with E-state index >= 15 is 0 Å².